The third kappa shape index (κ3) is 2.55. The fourth-order valence-corrected chi connectivity index (χ4v) is 2.20. The van der Waals surface area contributed by atoms with Gasteiger partial charge in [-0.15, -0.1) is 0 Å². The first kappa shape index (κ1) is 12.7. The summed E-state index contributed by atoms with van der Waals surface area (Å²) in [4.78, 5) is 2.03. The summed E-state index contributed by atoms with van der Waals surface area (Å²) in [5, 5.41) is 11.7. The molecule has 1 aliphatic rings. The monoisotopic (exact) mass is 251 g/mol. The molecule has 18 heavy (non-hydrogen) atoms. The number of benzene rings is 1. The van der Waals surface area contributed by atoms with E-state index in [0.29, 0.717) is 11.5 Å². The Morgan fingerprint density at radius 1 is 1.61 bits per heavy atom. The van der Waals surface area contributed by atoms with Crippen LogP contribution < -0.4 is 10.6 Å². The van der Waals surface area contributed by atoms with E-state index in [1.807, 2.05) is 11.9 Å². The van der Waals surface area contributed by atoms with Gasteiger partial charge in [-0.1, -0.05) is 12.1 Å². The average molecular weight is 251 g/mol. The quantitative estimate of drug-likeness (QED) is 0.372. The number of anilines is 1. The predicted molar refractivity (Wildman–Crippen MR) is 69.5 cm³/mol. The Labute approximate surface area is 106 Å². The maximum atomic E-state index is 13.2. The van der Waals surface area contributed by atoms with Crippen LogP contribution in [0.1, 0.15) is 18.9 Å². The maximum Gasteiger partial charge on any atom is 0.172 e. The molecule has 0 spiro atoms. The zero-order valence-corrected chi connectivity index (χ0v) is 10.6. The SMILES string of the molecule is CC1CC1CN(C)c1ccc(F)cc1C(N)=NO. The highest BCUT2D eigenvalue weighted by atomic mass is 19.1. The molecule has 5 heteroatoms. The minimum atomic E-state index is -0.395. The Hall–Kier alpha value is -1.78. The van der Waals surface area contributed by atoms with Crippen molar-refractivity contribution in [2.24, 2.45) is 22.7 Å². The summed E-state index contributed by atoms with van der Waals surface area (Å²) in [7, 11) is 1.94. The van der Waals surface area contributed by atoms with E-state index in [4.69, 9.17) is 10.9 Å². The molecule has 0 amide bonds. The highest BCUT2D eigenvalue weighted by molar-refractivity contribution is 6.02. The zero-order valence-electron chi connectivity index (χ0n) is 10.6. The summed E-state index contributed by atoms with van der Waals surface area (Å²) < 4.78 is 13.2. The van der Waals surface area contributed by atoms with Crippen LogP contribution in [0.2, 0.25) is 0 Å². The second kappa shape index (κ2) is 4.84. The minimum absolute atomic E-state index is 0.0693. The molecule has 2 unspecified atom stereocenters. The molecular weight excluding hydrogens is 233 g/mol. The fraction of sp³-hybridized carbons (Fsp3) is 0.462. The maximum absolute atomic E-state index is 13.2. The smallest absolute Gasteiger partial charge is 0.172 e. The summed E-state index contributed by atoms with van der Waals surface area (Å²) in [6, 6.07) is 4.34. The van der Waals surface area contributed by atoms with E-state index < -0.39 is 5.82 Å². The van der Waals surface area contributed by atoms with Gasteiger partial charge in [0.1, 0.15) is 5.82 Å². The number of nitrogens with zero attached hydrogens (tertiary/aromatic N) is 2. The van der Waals surface area contributed by atoms with Crippen molar-refractivity contribution < 1.29 is 9.60 Å². The van der Waals surface area contributed by atoms with Crippen molar-refractivity contribution in [3.63, 3.8) is 0 Å². The van der Waals surface area contributed by atoms with Crippen LogP contribution in [0.3, 0.4) is 0 Å². The van der Waals surface area contributed by atoms with Crippen molar-refractivity contribution in [3.05, 3.63) is 29.6 Å². The first-order chi connectivity index (χ1) is 8.52. The molecule has 0 saturated heterocycles. The molecule has 2 atom stereocenters. The van der Waals surface area contributed by atoms with Gasteiger partial charge in [0.05, 0.1) is 0 Å². The zero-order chi connectivity index (χ0) is 13.3. The normalized spacial score (nSPS) is 22.9. The number of nitrogens with two attached hydrogens (primary N) is 1. The second-order valence-corrected chi connectivity index (χ2v) is 5.00. The topological polar surface area (TPSA) is 61.8 Å². The number of amidine groups is 1. The largest absolute Gasteiger partial charge is 0.409 e. The van der Waals surface area contributed by atoms with Crippen molar-refractivity contribution in [3.8, 4) is 0 Å². The van der Waals surface area contributed by atoms with Crippen LogP contribution in [0.15, 0.2) is 23.4 Å². The van der Waals surface area contributed by atoms with E-state index in [1.165, 1.54) is 18.6 Å². The fourth-order valence-electron chi connectivity index (χ4n) is 2.20. The number of halogens is 1. The van der Waals surface area contributed by atoms with Crippen LogP contribution >= 0.6 is 0 Å². The van der Waals surface area contributed by atoms with E-state index >= 15 is 0 Å². The molecule has 0 aliphatic heterocycles. The van der Waals surface area contributed by atoms with Crippen molar-refractivity contribution in [1.82, 2.24) is 0 Å². The van der Waals surface area contributed by atoms with E-state index in [1.54, 1.807) is 6.07 Å². The Bertz CT molecular complexity index is 475. The standard InChI is InChI=1S/C13H18FN3O/c1-8-5-9(8)7-17(2)12-4-3-10(14)6-11(12)13(15)16-18/h3-4,6,8-9,18H,5,7H2,1-2H3,(H2,15,16). The second-order valence-electron chi connectivity index (χ2n) is 5.00. The van der Waals surface area contributed by atoms with E-state index in [-0.39, 0.29) is 5.84 Å². The summed E-state index contributed by atoms with van der Waals surface area (Å²) in [5.41, 5.74) is 6.79. The molecule has 2 rings (SSSR count). The Morgan fingerprint density at radius 2 is 2.28 bits per heavy atom. The van der Waals surface area contributed by atoms with Crippen LogP contribution in [-0.2, 0) is 0 Å². The molecule has 1 aromatic rings. The molecule has 0 heterocycles. The van der Waals surface area contributed by atoms with Crippen LogP contribution in [-0.4, -0.2) is 24.6 Å². The summed E-state index contributed by atoms with van der Waals surface area (Å²) in [5.74, 6) is 0.967. The molecule has 4 nitrogen and oxygen atoms in total. The number of hydrogen-bond donors (Lipinski definition) is 2. The molecule has 1 aliphatic carbocycles. The lowest BCUT2D eigenvalue weighted by molar-refractivity contribution is 0.318. The highest BCUT2D eigenvalue weighted by Crippen LogP contribution is 2.39. The van der Waals surface area contributed by atoms with Crippen LogP contribution in [0, 0.1) is 17.7 Å². The van der Waals surface area contributed by atoms with Gasteiger partial charge >= 0.3 is 0 Å². The Balaban J connectivity index is 2.25. The molecule has 1 fully saturated rings. The van der Waals surface area contributed by atoms with E-state index in [2.05, 4.69) is 12.1 Å². The molecule has 3 N–H and O–H groups in total. The van der Waals surface area contributed by atoms with Crippen molar-refractivity contribution in [1.29, 1.82) is 0 Å². The molecule has 1 saturated carbocycles. The van der Waals surface area contributed by atoms with Crippen LogP contribution in [0.5, 0.6) is 0 Å². The third-order valence-corrected chi connectivity index (χ3v) is 3.54. The summed E-state index contributed by atoms with van der Waals surface area (Å²) >= 11 is 0. The molecular formula is C13H18FN3O. The van der Waals surface area contributed by atoms with Gasteiger partial charge < -0.3 is 15.8 Å². The lowest BCUT2D eigenvalue weighted by Crippen LogP contribution is -2.25. The number of hydrogen-bond acceptors (Lipinski definition) is 3. The molecule has 98 valence electrons. The molecule has 0 bridgehead atoms. The van der Waals surface area contributed by atoms with Gasteiger partial charge in [0.25, 0.3) is 0 Å². The first-order valence-corrected chi connectivity index (χ1v) is 6.01. The van der Waals surface area contributed by atoms with Crippen molar-refractivity contribution in [2.75, 3.05) is 18.5 Å². The van der Waals surface area contributed by atoms with Gasteiger partial charge in [-0.05, 0) is 36.5 Å². The van der Waals surface area contributed by atoms with Crippen molar-refractivity contribution >= 4 is 11.5 Å². The van der Waals surface area contributed by atoms with E-state index in [9.17, 15) is 4.39 Å². The summed E-state index contributed by atoms with van der Waals surface area (Å²) in [6.07, 6.45) is 1.23. The molecule has 0 radical (unpaired) electrons. The molecule has 0 aromatic heterocycles. The predicted octanol–water partition coefficient (Wildman–Crippen LogP) is 2.01. The number of rotatable bonds is 4. The van der Waals surface area contributed by atoms with Crippen LogP contribution in [0.25, 0.3) is 0 Å². The number of oxime groups is 1. The Morgan fingerprint density at radius 3 is 2.83 bits per heavy atom. The lowest BCUT2D eigenvalue weighted by Gasteiger charge is -2.22. The highest BCUT2D eigenvalue weighted by Gasteiger charge is 2.33. The summed E-state index contributed by atoms with van der Waals surface area (Å²) in [6.45, 7) is 3.12. The minimum Gasteiger partial charge on any atom is -0.409 e. The third-order valence-electron chi connectivity index (χ3n) is 3.54. The molecule has 1 aromatic carbocycles. The average Bonchev–Trinajstić information content (AvgIpc) is 3.03. The van der Waals surface area contributed by atoms with Gasteiger partial charge in [-0.3, -0.25) is 0 Å². The van der Waals surface area contributed by atoms with Gasteiger partial charge in [-0.2, -0.15) is 0 Å². The van der Waals surface area contributed by atoms with Gasteiger partial charge in [0, 0.05) is 24.8 Å². The Kier molecular flexibility index (Phi) is 3.41. The van der Waals surface area contributed by atoms with Gasteiger partial charge in [-0.25, -0.2) is 4.39 Å². The van der Waals surface area contributed by atoms with E-state index in [0.717, 1.165) is 18.2 Å². The lowest BCUT2D eigenvalue weighted by atomic mass is 10.1. The van der Waals surface area contributed by atoms with Crippen LogP contribution in [0.4, 0.5) is 10.1 Å². The van der Waals surface area contributed by atoms with Gasteiger partial charge in [0.2, 0.25) is 0 Å². The first-order valence-electron chi connectivity index (χ1n) is 6.01. The van der Waals surface area contributed by atoms with Gasteiger partial charge in [0.15, 0.2) is 5.84 Å². The van der Waals surface area contributed by atoms with Crippen molar-refractivity contribution in [2.45, 2.75) is 13.3 Å².